The number of amides is 4. The zero-order valence-electron chi connectivity index (χ0n) is 20.7. The van der Waals surface area contributed by atoms with Gasteiger partial charge in [-0.15, -0.1) is 0 Å². The molecule has 3 heterocycles. The average molecular weight is 510 g/mol. The molecule has 11 heteroatoms. The number of fused-ring (bicyclic) bond motifs is 3. The van der Waals surface area contributed by atoms with Gasteiger partial charge in [0, 0.05) is 11.6 Å². The molecule has 0 aromatic heterocycles. The molecule has 0 bridgehead atoms. The van der Waals surface area contributed by atoms with Crippen LogP contribution < -0.4 is 14.5 Å². The van der Waals surface area contributed by atoms with Gasteiger partial charge in [0.05, 0.1) is 44.5 Å². The van der Waals surface area contributed by atoms with Gasteiger partial charge in [0.2, 0.25) is 0 Å². The molecule has 2 aromatic rings. The fourth-order valence-electron chi connectivity index (χ4n) is 5.24. The van der Waals surface area contributed by atoms with E-state index in [-0.39, 0.29) is 13.2 Å². The molecule has 5 rings (SSSR count). The van der Waals surface area contributed by atoms with Crippen molar-refractivity contribution in [2.24, 2.45) is 0 Å². The number of para-hydroxylation sites is 1. The fourth-order valence-corrected chi connectivity index (χ4v) is 5.24. The van der Waals surface area contributed by atoms with E-state index in [1.807, 2.05) is 0 Å². The van der Waals surface area contributed by atoms with Gasteiger partial charge in [-0.2, -0.15) is 0 Å². The van der Waals surface area contributed by atoms with Crippen LogP contribution in [-0.2, 0) is 23.8 Å². The zero-order valence-corrected chi connectivity index (χ0v) is 20.7. The number of urea groups is 2. The Bertz CT molecular complexity index is 1230. The first kappa shape index (κ1) is 24.6. The first-order valence-electron chi connectivity index (χ1n) is 12.0. The number of anilines is 2. The average Bonchev–Trinajstić information content (AvgIpc) is 3.35. The molecular weight excluding hydrogens is 482 g/mol. The van der Waals surface area contributed by atoms with Crippen molar-refractivity contribution >= 4 is 35.4 Å². The van der Waals surface area contributed by atoms with Crippen LogP contribution in [-0.4, -0.2) is 61.1 Å². The molecule has 2 fully saturated rings. The summed E-state index contributed by atoms with van der Waals surface area (Å²) in [6.07, 6.45) is -2.58. The summed E-state index contributed by atoms with van der Waals surface area (Å²) in [5, 5.41) is 0. The molecule has 4 amide bonds. The Labute approximate surface area is 213 Å². The summed E-state index contributed by atoms with van der Waals surface area (Å²) >= 11 is 0. The van der Waals surface area contributed by atoms with Gasteiger partial charge in [0.1, 0.15) is 18.0 Å². The molecular formula is C26H27N3O8. The van der Waals surface area contributed by atoms with E-state index >= 15 is 0 Å². The van der Waals surface area contributed by atoms with Crippen molar-refractivity contribution in [3.63, 3.8) is 0 Å². The number of ether oxygens (including phenoxy) is 4. The third kappa shape index (κ3) is 3.86. The summed E-state index contributed by atoms with van der Waals surface area (Å²) in [5.74, 6) is -0.779. The van der Waals surface area contributed by atoms with Crippen molar-refractivity contribution in [3.8, 4) is 5.75 Å². The maximum atomic E-state index is 14.1. The van der Waals surface area contributed by atoms with Crippen LogP contribution in [0.5, 0.6) is 5.75 Å². The molecule has 0 aliphatic carbocycles. The van der Waals surface area contributed by atoms with Crippen molar-refractivity contribution in [3.05, 3.63) is 54.1 Å². The molecule has 0 unspecified atom stereocenters. The number of hydrogen-bond acceptors (Lipinski definition) is 8. The monoisotopic (exact) mass is 509 g/mol. The van der Waals surface area contributed by atoms with Gasteiger partial charge < -0.3 is 18.9 Å². The zero-order chi connectivity index (χ0) is 26.3. The highest BCUT2D eigenvalue weighted by Gasteiger charge is 2.67. The van der Waals surface area contributed by atoms with Gasteiger partial charge in [-0.1, -0.05) is 24.3 Å². The van der Waals surface area contributed by atoms with Gasteiger partial charge in [-0.05, 0) is 32.0 Å². The molecule has 0 spiro atoms. The topological polar surface area (TPSA) is 115 Å². The van der Waals surface area contributed by atoms with Crippen LogP contribution in [0.1, 0.15) is 38.4 Å². The second kappa shape index (κ2) is 9.40. The lowest BCUT2D eigenvalue weighted by Gasteiger charge is -2.46. The van der Waals surface area contributed by atoms with Gasteiger partial charge in [-0.25, -0.2) is 14.5 Å². The molecule has 2 atom stereocenters. The number of benzene rings is 2. The second-order valence-electron chi connectivity index (χ2n) is 8.76. The number of carbonyl (C=O) groups is 4. The molecule has 3 aliphatic rings. The Morgan fingerprint density at radius 3 is 2.19 bits per heavy atom. The molecule has 11 nitrogen and oxygen atoms in total. The Hall–Kier alpha value is -4.12. The van der Waals surface area contributed by atoms with Crippen LogP contribution in [0.25, 0.3) is 0 Å². The first-order chi connectivity index (χ1) is 17.8. The lowest BCUT2D eigenvalue weighted by Crippen LogP contribution is -2.69. The molecule has 2 aromatic carbocycles. The number of nitrogens with zero attached hydrogens (tertiary/aromatic N) is 3. The Kier molecular flexibility index (Phi) is 6.24. The number of hydrogen-bond donors (Lipinski definition) is 0. The van der Waals surface area contributed by atoms with Crippen molar-refractivity contribution in [1.82, 2.24) is 4.90 Å². The van der Waals surface area contributed by atoms with E-state index in [2.05, 4.69) is 0 Å². The molecule has 194 valence electrons. The van der Waals surface area contributed by atoms with Crippen molar-refractivity contribution in [1.29, 1.82) is 0 Å². The normalized spacial score (nSPS) is 21.0. The van der Waals surface area contributed by atoms with Crippen molar-refractivity contribution < 1.29 is 38.1 Å². The minimum absolute atomic E-state index is 0.110. The molecule has 2 saturated heterocycles. The minimum atomic E-state index is -1.74. The third-order valence-electron chi connectivity index (χ3n) is 6.65. The SMILES string of the molecule is CCOC(=O)CC1(CC(=O)OCC)O[C@@H]2c3ccc(OC)cc3N3C(=O)N(c4ccccc4)C(=O)N1[C@@H]23. The van der Waals surface area contributed by atoms with Crippen LogP contribution in [0.2, 0.25) is 0 Å². The van der Waals surface area contributed by atoms with E-state index in [1.54, 1.807) is 62.4 Å². The summed E-state index contributed by atoms with van der Waals surface area (Å²) < 4.78 is 22.2. The highest BCUT2D eigenvalue weighted by atomic mass is 16.6. The second-order valence-corrected chi connectivity index (χ2v) is 8.76. The first-order valence-corrected chi connectivity index (χ1v) is 12.0. The molecule has 0 radical (unpaired) electrons. The van der Waals surface area contributed by atoms with Crippen molar-refractivity contribution in [2.45, 2.75) is 44.7 Å². The van der Waals surface area contributed by atoms with Crippen LogP contribution >= 0.6 is 0 Å². The summed E-state index contributed by atoms with van der Waals surface area (Å²) in [6.45, 7) is 3.54. The smallest absolute Gasteiger partial charge is 0.339 e. The number of carbonyl (C=O) groups excluding carboxylic acids is 4. The highest BCUT2D eigenvalue weighted by Crippen LogP contribution is 2.56. The van der Waals surface area contributed by atoms with E-state index in [4.69, 9.17) is 18.9 Å². The fraction of sp³-hybridized carbons (Fsp3) is 0.385. The number of rotatable bonds is 8. The molecule has 3 aliphatic heterocycles. The van der Waals surface area contributed by atoms with Gasteiger partial charge in [0.25, 0.3) is 0 Å². The maximum Gasteiger partial charge on any atom is 0.339 e. The Morgan fingerprint density at radius 1 is 0.946 bits per heavy atom. The van der Waals surface area contributed by atoms with Gasteiger partial charge in [-0.3, -0.25) is 19.4 Å². The minimum Gasteiger partial charge on any atom is -0.497 e. The predicted molar refractivity (Wildman–Crippen MR) is 130 cm³/mol. The van der Waals surface area contributed by atoms with E-state index in [1.165, 1.54) is 16.9 Å². The standard InChI is InChI=1S/C26H27N3O8/c1-4-35-20(30)14-26(15-21(31)36-5-2)29-23-22(37-26)18-12-11-17(34-3)13-19(18)28(23)24(32)27(25(29)33)16-9-7-6-8-10-16/h6-13,22-23H,4-5,14-15H2,1-3H3/t22-,23+/m1/s1. The number of esters is 2. The lowest BCUT2D eigenvalue weighted by molar-refractivity contribution is -0.168. The van der Waals surface area contributed by atoms with E-state index in [0.29, 0.717) is 22.7 Å². The van der Waals surface area contributed by atoms with Crippen LogP contribution in [0.15, 0.2) is 48.5 Å². The lowest BCUT2D eigenvalue weighted by atomic mass is 10.0. The largest absolute Gasteiger partial charge is 0.497 e. The van der Waals surface area contributed by atoms with Crippen molar-refractivity contribution in [2.75, 3.05) is 30.1 Å². The van der Waals surface area contributed by atoms with Gasteiger partial charge in [0.15, 0.2) is 5.72 Å². The predicted octanol–water partition coefficient (Wildman–Crippen LogP) is 3.58. The number of methoxy groups -OCH3 is 1. The van der Waals surface area contributed by atoms with Crippen LogP contribution in [0.3, 0.4) is 0 Å². The molecule has 0 N–H and O–H groups in total. The van der Waals surface area contributed by atoms with E-state index in [9.17, 15) is 19.2 Å². The molecule has 37 heavy (non-hydrogen) atoms. The maximum absolute atomic E-state index is 14.1. The summed E-state index contributed by atoms with van der Waals surface area (Å²) in [5.41, 5.74) is -0.272. The van der Waals surface area contributed by atoms with Crippen LogP contribution in [0.4, 0.5) is 21.0 Å². The van der Waals surface area contributed by atoms with Gasteiger partial charge >= 0.3 is 24.0 Å². The Balaban J connectivity index is 1.69. The van der Waals surface area contributed by atoms with Crippen LogP contribution in [0, 0.1) is 0 Å². The van der Waals surface area contributed by atoms with E-state index < -0.39 is 54.8 Å². The highest BCUT2D eigenvalue weighted by molar-refractivity contribution is 6.22. The summed E-state index contributed by atoms with van der Waals surface area (Å²) in [4.78, 5) is 57.3. The Morgan fingerprint density at radius 2 is 1.59 bits per heavy atom. The summed E-state index contributed by atoms with van der Waals surface area (Å²) in [6, 6.07) is 12.3. The summed E-state index contributed by atoms with van der Waals surface area (Å²) in [7, 11) is 1.52. The third-order valence-corrected chi connectivity index (χ3v) is 6.65. The quantitative estimate of drug-likeness (QED) is 0.496. The molecule has 0 saturated carbocycles. The number of imide groups is 1. The van der Waals surface area contributed by atoms with E-state index in [0.717, 1.165) is 4.90 Å².